The molecule has 0 aromatic carbocycles. The van der Waals surface area contributed by atoms with Crippen LogP contribution in [0.5, 0.6) is 0 Å². The average molecular weight is 156 g/mol. The van der Waals surface area contributed by atoms with E-state index in [0.29, 0.717) is 12.2 Å². The molecule has 0 N–H and O–H groups in total. The monoisotopic (exact) mass is 156 g/mol. The Bertz CT molecular complexity index is 119. The van der Waals surface area contributed by atoms with Crippen molar-refractivity contribution in [1.29, 1.82) is 0 Å². The molecular weight excluding hydrogens is 140 g/mol. The van der Waals surface area contributed by atoms with Gasteiger partial charge in [-0.1, -0.05) is 26.3 Å². The summed E-state index contributed by atoms with van der Waals surface area (Å²) in [6.45, 7) is 6.76. The minimum absolute atomic E-state index is 0.382. The van der Waals surface area contributed by atoms with E-state index in [1.165, 1.54) is 12.8 Å². The molecule has 0 aromatic rings. The quantitative estimate of drug-likeness (QED) is 0.320. The molecule has 64 valence electrons. The van der Waals surface area contributed by atoms with Crippen molar-refractivity contribution in [3.8, 4) is 0 Å². The van der Waals surface area contributed by atoms with Crippen molar-refractivity contribution < 1.29 is 9.53 Å². The Kier molecular flexibility index (Phi) is 7.05. The van der Waals surface area contributed by atoms with Crippen LogP contribution in [0.1, 0.15) is 26.2 Å². The zero-order valence-corrected chi connectivity index (χ0v) is 7.14. The summed E-state index contributed by atoms with van der Waals surface area (Å²) in [6, 6.07) is 0. The average Bonchev–Trinajstić information content (AvgIpc) is 2.04. The summed E-state index contributed by atoms with van der Waals surface area (Å²) in [7, 11) is 0. The molecule has 2 heteroatoms. The molecule has 0 bridgehead atoms. The van der Waals surface area contributed by atoms with Gasteiger partial charge in [0.25, 0.3) is 0 Å². The predicted octanol–water partition coefficient (Wildman–Crippen LogP) is 1.95. The Morgan fingerprint density at radius 1 is 1.55 bits per heavy atom. The first kappa shape index (κ1) is 10.4. The Labute approximate surface area is 68.2 Å². The highest BCUT2D eigenvalue weighted by atomic mass is 16.5. The van der Waals surface area contributed by atoms with E-state index in [1.807, 2.05) is 0 Å². The first-order chi connectivity index (χ1) is 5.31. The van der Waals surface area contributed by atoms with Crippen molar-refractivity contribution in [2.45, 2.75) is 26.2 Å². The Morgan fingerprint density at radius 2 is 2.27 bits per heavy atom. The first-order valence-corrected chi connectivity index (χ1v) is 4.02. The third kappa shape index (κ3) is 7.26. The molecule has 0 aliphatic carbocycles. The minimum Gasteiger partial charge on any atom is -0.377 e. The fourth-order valence-electron chi connectivity index (χ4n) is 0.691. The summed E-state index contributed by atoms with van der Waals surface area (Å²) in [5.74, 6) is 0. The molecular formula is C9H16O2. The molecule has 0 heterocycles. The van der Waals surface area contributed by atoms with Crippen molar-refractivity contribution in [2.75, 3.05) is 13.2 Å². The summed E-state index contributed by atoms with van der Waals surface area (Å²) >= 11 is 0. The van der Waals surface area contributed by atoms with E-state index in [0.717, 1.165) is 19.3 Å². The summed E-state index contributed by atoms with van der Waals surface area (Å²) in [4.78, 5) is 10.0. The lowest BCUT2D eigenvalue weighted by molar-refractivity contribution is -0.105. The second-order valence-corrected chi connectivity index (χ2v) is 2.54. The maximum absolute atomic E-state index is 10.0. The van der Waals surface area contributed by atoms with Crippen LogP contribution in [-0.4, -0.2) is 19.5 Å². The number of carbonyl (C=O) groups excluding carboxylic acids is 1. The van der Waals surface area contributed by atoms with Gasteiger partial charge in [0.1, 0.15) is 6.29 Å². The van der Waals surface area contributed by atoms with Crippen LogP contribution >= 0.6 is 0 Å². The largest absolute Gasteiger partial charge is 0.377 e. The summed E-state index contributed by atoms with van der Waals surface area (Å²) < 4.78 is 5.16. The van der Waals surface area contributed by atoms with E-state index in [1.54, 1.807) is 0 Å². The lowest BCUT2D eigenvalue weighted by atomic mass is 10.3. The van der Waals surface area contributed by atoms with Crippen LogP contribution in [0.15, 0.2) is 12.2 Å². The molecule has 0 fully saturated rings. The highest BCUT2D eigenvalue weighted by Crippen LogP contribution is 1.95. The molecule has 0 radical (unpaired) electrons. The highest BCUT2D eigenvalue weighted by molar-refractivity contribution is 5.72. The second kappa shape index (κ2) is 7.48. The zero-order valence-electron chi connectivity index (χ0n) is 7.14. The van der Waals surface area contributed by atoms with Crippen molar-refractivity contribution in [1.82, 2.24) is 0 Å². The van der Waals surface area contributed by atoms with E-state index < -0.39 is 0 Å². The SMILES string of the molecule is C=C(C=O)COCCCCC. The molecule has 0 saturated carbocycles. The van der Waals surface area contributed by atoms with Crippen LogP contribution in [0.3, 0.4) is 0 Å². The zero-order chi connectivity index (χ0) is 8.53. The van der Waals surface area contributed by atoms with Gasteiger partial charge in [-0.15, -0.1) is 0 Å². The molecule has 0 atom stereocenters. The molecule has 11 heavy (non-hydrogen) atoms. The van der Waals surface area contributed by atoms with Crippen LogP contribution in [0.2, 0.25) is 0 Å². The fraction of sp³-hybridized carbons (Fsp3) is 0.667. The summed E-state index contributed by atoms with van der Waals surface area (Å²) in [6.07, 6.45) is 4.19. The maximum Gasteiger partial charge on any atom is 0.147 e. The molecule has 0 spiro atoms. The number of hydrogen-bond donors (Lipinski definition) is 0. The summed E-state index contributed by atoms with van der Waals surface area (Å²) in [5, 5.41) is 0. The van der Waals surface area contributed by atoms with E-state index in [4.69, 9.17) is 4.74 Å². The van der Waals surface area contributed by atoms with Gasteiger partial charge in [-0.05, 0) is 6.42 Å². The lowest BCUT2D eigenvalue weighted by Crippen LogP contribution is -1.99. The van der Waals surface area contributed by atoms with Gasteiger partial charge in [-0.2, -0.15) is 0 Å². The molecule has 2 nitrogen and oxygen atoms in total. The molecule has 0 aliphatic heterocycles. The topological polar surface area (TPSA) is 26.3 Å². The van der Waals surface area contributed by atoms with Gasteiger partial charge in [0, 0.05) is 12.2 Å². The normalized spacial score (nSPS) is 9.55. The van der Waals surface area contributed by atoms with E-state index >= 15 is 0 Å². The van der Waals surface area contributed by atoms with E-state index in [2.05, 4.69) is 13.5 Å². The smallest absolute Gasteiger partial charge is 0.147 e. The van der Waals surface area contributed by atoms with Crippen LogP contribution < -0.4 is 0 Å². The van der Waals surface area contributed by atoms with Crippen molar-refractivity contribution in [2.24, 2.45) is 0 Å². The molecule has 0 rings (SSSR count). The number of hydrogen-bond acceptors (Lipinski definition) is 2. The molecule has 0 saturated heterocycles. The van der Waals surface area contributed by atoms with Crippen molar-refractivity contribution in [3.05, 3.63) is 12.2 Å². The van der Waals surface area contributed by atoms with Crippen LogP contribution in [-0.2, 0) is 9.53 Å². The van der Waals surface area contributed by atoms with Crippen LogP contribution in [0.4, 0.5) is 0 Å². The van der Waals surface area contributed by atoms with Crippen LogP contribution in [0, 0.1) is 0 Å². The molecule has 0 aliphatic rings. The van der Waals surface area contributed by atoms with Crippen molar-refractivity contribution in [3.63, 3.8) is 0 Å². The second-order valence-electron chi connectivity index (χ2n) is 2.54. The van der Waals surface area contributed by atoms with Crippen LogP contribution in [0.25, 0.3) is 0 Å². The maximum atomic E-state index is 10.0. The van der Waals surface area contributed by atoms with Gasteiger partial charge in [-0.25, -0.2) is 0 Å². The highest BCUT2D eigenvalue weighted by Gasteiger charge is 1.90. The Morgan fingerprint density at radius 3 is 2.82 bits per heavy atom. The van der Waals surface area contributed by atoms with Gasteiger partial charge in [0.2, 0.25) is 0 Å². The number of rotatable bonds is 7. The van der Waals surface area contributed by atoms with E-state index in [-0.39, 0.29) is 0 Å². The standard InChI is InChI=1S/C9H16O2/c1-3-4-5-6-11-8-9(2)7-10/h7H,2-6,8H2,1H3. The van der Waals surface area contributed by atoms with Crippen molar-refractivity contribution >= 4 is 6.29 Å². The molecule has 0 aromatic heterocycles. The first-order valence-electron chi connectivity index (χ1n) is 4.02. The summed E-state index contributed by atoms with van der Waals surface area (Å²) in [5.41, 5.74) is 0.515. The molecule has 0 amide bonds. The number of aldehydes is 1. The van der Waals surface area contributed by atoms with Gasteiger partial charge >= 0.3 is 0 Å². The van der Waals surface area contributed by atoms with E-state index in [9.17, 15) is 4.79 Å². The Balaban J connectivity index is 3.01. The fourth-order valence-corrected chi connectivity index (χ4v) is 0.691. The Hall–Kier alpha value is -0.630. The van der Waals surface area contributed by atoms with Gasteiger partial charge in [-0.3, -0.25) is 4.79 Å². The number of unbranched alkanes of at least 4 members (excludes halogenated alkanes) is 2. The van der Waals surface area contributed by atoms with Gasteiger partial charge in [0.05, 0.1) is 6.61 Å². The van der Waals surface area contributed by atoms with Gasteiger partial charge < -0.3 is 4.74 Å². The number of ether oxygens (including phenoxy) is 1. The van der Waals surface area contributed by atoms with Gasteiger partial charge in [0.15, 0.2) is 0 Å². The number of carbonyl (C=O) groups is 1. The predicted molar refractivity (Wildman–Crippen MR) is 45.5 cm³/mol. The minimum atomic E-state index is 0.382. The molecule has 0 unspecified atom stereocenters. The third-order valence-electron chi connectivity index (χ3n) is 1.35. The lowest BCUT2D eigenvalue weighted by Gasteiger charge is -2.00. The third-order valence-corrected chi connectivity index (χ3v) is 1.35.